The molecule has 3 aromatic rings. The molecule has 0 radical (unpaired) electrons. The SMILES string of the molecule is NC(=Nc1ccc(F)c(Br)c1)c1nonc1NCCc1cccc(B(O)O)c1. The highest BCUT2D eigenvalue weighted by Gasteiger charge is 2.15. The molecule has 0 aliphatic rings. The van der Waals surface area contributed by atoms with Crippen LogP contribution < -0.4 is 16.5 Å². The maximum Gasteiger partial charge on any atom is 0.488 e. The molecule has 0 fully saturated rings. The van der Waals surface area contributed by atoms with Crippen molar-refractivity contribution in [3.05, 3.63) is 64.0 Å². The van der Waals surface area contributed by atoms with Crippen LogP contribution >= 0.6 is 15.9 Å². The lowest BCUT2D eigenvalue weighted by Crippen LogP contribution is -2.30. The molecule has 2 aromatic carbocycles. The predicted octanol–water partition coefficient (Wildman–Crippen LogP) is 1.34. The van der Waals surface area contributed by atoms with Crippen LogP contribution in [0, 0.1) is 5.82 Å². The first kappa shape index (κ1) is 20.0. The molecule has 0 unspecified atom stereocenters. The van der Waals surface area contributed by atoms with Gasteiger partial charge in [0.05, 0.1) is 10.2 Å². The Hall–Kier alpha value is -2.76. The van der Waals surface area contributed by atoms with Crippen LogP contribution in [-0.2, 0) is 6.42 Å². The summed E-state index contributed by atoms with van der Waals surface area (Å²) in [6.45, 7) is 0.474. The third-order valence-electron chi connectivity index (χ3n) is 3.84. The third-order valence-corrected chi connectivity index (χ3v) is 4.45. The van der Waals surface area contributed by atoms with E-state index in [-0.39, 0.29) is 16.0 Å². The van der Waals surface area contributed by atoms with Gasteiger partial charge in [0.1, 0.15) is 5.82 Å². The summed E-state index contributed by atoms with van der Waals surface area (Å²) < 4.78 is 18.3. The van der Waals surface area contributed by atoms with E-state index >= 15 is 0 Å². The predicted molar refractivity (Wildman–Crippen MR) is 107 cm³/mol. The Morgan fingerprint density at radius 2 is 2.07 bits per heavy atom. The molecule has 0 atom stereocenters. The highest BCUT2D eigenvalue weighted by Crippen LogP contribution is 2.23. The van der Waals surface area contributed by atoms with Crippen LogP contribution in [0.3, 0.4) is 0 Å². The Morgan fingerprint density at radius 3 is 2.82 bits per heavy atom. The zero-order valence-electron chi connectivity index (χ0n) is 14.5. The fourth-order valence-corrected chi connectivity index (χ4v) is 2.82. The lowest BCUT2D eigenvalue weighted by atomic mass is 9.79. The number of benzene rings is 2. The van der Waals surface area contributed by atoms with Gasteiger partial charge < -0.3 is 21.1 Å². The molecular weight excluding hydrogens is 432 g/mol. The number of rotatable bonds is 7. The molecule has 0 saturated heterocycles. The van der Waals surface area contributed by atoms with Crippen molar-refractivity contribution < 1.29 is 19.1 Å². The average Bonchev–Trinajstić information content (AvgIpc) is 3.14. The minimum atomic E-state index is -1.51. The fraction of sp³-hybridized carbons (Fsp3) is 0.118. The molecule has 28 heavy (non-hydrogen) atoms. The zero-order chi connectivity index (χ0) is 20.1. The maximum atomic E-state index is 13.3. The second kappa shape index (κ2) is 8.96. The summed E-state index contributed by atoms with van der Waals surface area (Å²) in [6, 6.07) is 11.2. The summed E-state index contributed by atoms with van der Waals surface area (Å²) in [5, 5.41) is 29.1. The Labute approximate surface area is 168 Å². The van der Waals surface area contributed by atoms with Gasteiger partial charge in [-0.05, 0) is 61.9 Å². The van der Waals surface area contributed by atoms with Crippen LogP contribution in [0.25, 0.3) is 0 Å². The summed E-state index contributed by atoms with van der Waals surface area (Å²) in [5.41, 5.74) is 7.99. The summed E-state index contributed by atoms with van der Waals surface area (Å²) in [6.07, 6.45) is 0.592. The molecule has 0 bridgehead atoms. The molecule has 144 valence electrons. The molecule has 0 aliphatic heterocycles. The largest absolute Gasteiger partial charge is 0.488 e. The highest BCUT2D eigenvalue weighted by atomic mass is 79.9. The van der Waals surface area contributed by atoms with E-state index in [2.05, 4.69) is 36.6 Å². The lowest BCUT2D eigenvalue weighted by molar-refractivity contribution is 0.307. The number of nitrogens with two attached hydrogens (primary N) is 1. The fourth-order valence-electron chi connectivity index (χ4n) is 2.45. The number of hydrogen-bond acceptors (Lipinski definition) is 7. The number of amidine groups is 1. The van der Waals surface area contributed by atoms with Gasteiger partial charge in [-0.25, -0.2) is 14.0 Å². The number of aromatic nitrogens is 2. The van der Waals surface area contributed by atoms with Crippen molar-refractivity contribution in [3.8, 4) is 0 Å². The Kier molecular flexibility index (Phi) is 6.39. The van der Waals surface area contributed by atoms with Crippen LogP contribution in [0.15, 0.2) is 56.6 Å². The average molecular weight is 448 g/mol. The van der Waals surface area contributed by atoms with Crippen molar-refractivity contribution in [2.24, 2.45) is 10.7 Å². The van der Waals surface area contributed by atoms with Crippen molar-refractivity contribution in [1.29, 1.82) is 0 Å². The van der Waals surface area contributed by atoms with Gasteiger partial charge in [-0.15, -0.1) is 0 Å². The van der Waals surface area contributed by atoms with Crippen LogP contribution in [0.5, 0.6) is 0 Å². The van der Waals surface area contributed by atoms with E-state index in [0.29, 0.717) is 29.9 Å². The van der Waals surface area contributed by atoms with Gasteiger partial charge in [0.15, 0.2) is 11.5 Å². The van der Waals surface area contributed by atoms with E-state index in [4.69, 9.17) is 10.4 Å². The van der Waals surface area contributed by atoms with Crippen molar-refractivity contribution in [3.63, 3.8) is 0 Å². The van der Waals surface area contributed by atoms with Gasteiger partial charge in [-0.1, -0.05) is 24.3 Å². The maximum absolute atomic E-state index is 13.3. The molecule has 1 aromatic heterocycles. The molecule has 0 aliphatic carbocycles. The van der Waals surface area contributed by atoms with Gasteiger partial charge in [0.2, 0.25) is 5.82 Å². The van der Waals surface area contributed by atoms with Crippen molar-refractivity contribution in [2.45, 2.75) is 6.42 Å². The van der Waals surface area contributed by atoms with E-state index in [0.717, 1.165) is 5.56 Å². The second-order valence-electron chi connectivity index (χ2n) is 5.85. The molecule has 0 amide bonds. The van der Waals surface area contributed by atoms with Crippen molar-refractivity contribution >= 4 is 45.9 Å². The van der Waals surface area contributed by atoms with E-state index in [1.54, 1.807) is 18.2 Å². The summed E-state index contributed by atoms with van der Waals surface area (Å²) in [4.78, 5) is 4.20. The smallest absolute Gasteiger partial charge is 0.423 e. The molecule has 3 rings (SSSR count). The highest BCUT2D eigenvalue weighted by molar-refractivity contribution is 9.10. The summed E-state index contributed by atoms with van der Waals surface area (Å²) >= 11 is 3.09. The van der Waals surface area contributed by atoms with E-state index in [1.165, 1.54) is 18.2 Å². The monoisotopic (exact) mass is 447 g/mol. The molecule has 11 heteroatoms. The summed E-state index contributed by atoms with van der Waals surface area (Å²) in [7, 11) is -1.51. The van der Waals surface area contributed by atoms with Crippen molar-refractivity contribution in [1.82, 2.24) is 10.3 Å². The number of nitrogens with one attached hydrogen (secondary N) is 1. The molecule has 1 heterocycles. The number of halogens is 2. The quantitative estimate of drug-likeness (QED) is 0.244. The normalized spacial score (nSPS) is 11.5. The van der Waals surface area contributed by atoms with Crippen molar-refractivity contribution in [2.75, 3.05) is 11.9 Å². The first-order chi connectivity index (χ1) is 13.4. The lowest BCUT2D eigenvalue weighted by Gasteiger charge is -2.06. The number of nitrogens with zero attached hydrogens (tertiary/aromatic N) is 3. The van der Waals surface area contributed by atoms with Gasteiger partial charge in [-0.3, -0.25) is 0 Å². The molecule has 0 saturated carbocycles. The Balaban J connectivity index is 1.67. The molecule has 5 N–H and O–H groups in total. The first-order valence-corrected chi connectivity index (χ1v) is 9.04. The van der Waals surface area contributed by atoms with E-state index < -0.39 is 12.9 Å². The van der Waals surface area contributed by atoms with Gasteiger partial charge in [0.25, 0.3) is 0 Å². The third kappa shape index (κ3) is 4.94. The molecule has 8 nitrogen and oxygen atoms in total. The van der Waals surface area contributed by atoms with Gasteiger partial charge in [0, 0.05) is 6.54 Å². The van der Waals surface area contributed by atoms with Crippen LogP contribution in [0.4, 0.5) is 15.9 Å². The Bertz CT molecular complexity index is 998. The number of aliphatic imine (C=N–C) groups is 1. The van der Waals surface area contributed by atoms with Gasteiger partial charge >= 0.3 is 7.12 Å². The van der Waals surface area contributed by atoms with Crippen LogP contribution in [-0.4, -0.2) is 39.9 Å². The Morgan fingerprint density at radius 1 is 1.25 bits per heavy atom. The number of anilines is 1. The first-order valence-electron chi connectivity index (χ1n) is 8.25. The standard InChI is InChI=1S/C17H16BBrFN5O3/c19-13-9-12(4-5-14(13)20)23-16(21)15-17(25-28-24-15)22-7-6-10-2-1-3-11(8-10)18(26)27/h1-5,8-9,26-27H,6-7H2,(H2,21,23)(H,22,25). The molecule has 0 spiro atoms. The zero-order valence-corrected chi connectivity index (χ0v) is 16.1. The number of hydrogen-bond donors (Lipinski definition) is 4. The topological polar surface area (TPSA) is 130 Å². The van der Waals surface area contributed by atoms with Crippen LogP contribution in [0.2, 0.25) is 0 Å². The summed E-state index contributed by atoms with van der Waals surface area (Å²) in [5.74, 6) is -0.0193. The minimum Gasteiger partial charge on any atom is -0.423 e. The second-order valence-corrected chi connectivity index (χ2v) is 6.71. The van der Waals surface area contributed by atoms with E-state index in [1.807, 2.05) is 6.07 Å². The van der Waals surface area contributed by atoms with Crippen LogP contribution in [0.1, 0.15) is 11.3 Å². The molecular formula is C17H16BBrFN5O3. The van der Waals surface area contributed by atoms with Gasteiger partial charge in [-0.2, -0.15) is 0 Å². The van der Waals surface area contributed by atoms with E-state index in [9.17, 15) is 14.4 Å². The minimum absolute atomic E-state index is 0.0626.